The minimum absolute atomic E-state index is 0.275. The average molecular weight is 455 g/mol. The van der Waals surface area contributed by atoms with Crippen LogP contribution in [0.25, 0.3) is 0 Å². The summed E-state index contributed by atoms with van der Waals surface area (Å²) in [4.78, 5) is 21.6. The van der Waals surface area contributed by atoms with Gasteiger partial charge in [0.1, 0.15) is 0 Å². The molecule has 4 nitrogen and oxygen atoms in total. The minimum atomic E-state index is -5.06. The van der Waals surface area contributed by atoms with Gasteiger partial charge in [-0.25, -0.2) is 0 Å². The summed E-state index contributed by atoms with van der Waals surface area (Å²) in [6, 6.07) is 0.197. The predicted octanol–water partition coefficient (Wildman–Crippen LogP) is 4.49. The van der Waals surface area contributed by atoms with Crippen LogP contribution in [0.15, 0.2) is 13.6 Å². The SMILES string of the molecule is CC.O=C(O)CC(NC(=O)C(F)(F)F)c1cc(Br)sc1Br. The lowest BCUT2D eigenvalue weighted by Crippen LogP contribution is -2.39. The van der Waals surface area contributed by atoms with Crippen LogP contribution in [0.5, 0.6) is 0 Å². The van der Waals surface area contributed by atoms with Gasteiger partial charge in [-0.2, -0.15) is 13.2 Å². The van der Waals surface area contributed by atoms with E-state index in [9.17, 15) is 22.8 Å². The maximum absolute atomic E-state index is 12.2. The van der Waals surface area contributed by atoms with Crippen molar-refractivity contribution in [1.29, 1.82) is 0 Å². The normalized spacial score (nSPS) is 12.1. The molecule has 0 aliphatic heterocycles. The molecule has 0 aliphatic rings. The Bertz CT molecular complexity index is 505. The Labute approximate surface area is 140 Å². The van der Waals surface area contributed by atoms with Crippen molar-refractivity contribution in [2.75, 3.05) is 0 Å². The number of alkyl halides is 3. The van der Waals surface area contributed by atoms with Crippen LogP contribution in [-0.2, 0) is 9.59 Å². The smallest absolute Gasteiger partial charge is 0.471 e. The van der Waals surface area contributed by atoms with E-state index in [-0.39, 0.29) is 5.56 Å². The van der Waals surface area contributed by atoms with Gasteiger partial charge in [-0.05, 0) is 37.9 Å². The number of hydrogen-bond acceptors (Lipinski definition) is 3. The van der Waals surface area contributed by atoms with E-state index in [2.05, 4.69) is 31.9 Å². The molecule has 1 amide bonds. The number of nitrogens with one attached hydrogen (secondary N) is 1. The third-order valence-corrected chi connectivity index (χ3v) is 4.39. The summed E-state index contributed by atoms with van der Waals surface area (Å²) < 4.78 is 37.6. The van der Waals surface area contributed by atoms with Gasteiger partial charge in [-0.3, -0.25) is 9.59 Å². The first-order chi connectivity index (χ1) is 9.61. The van der Waals surface area contributed by atoms with E-state index in [4.69, 9.17) is 5.11 Å². The average Bonchev–Trinajstić information content (AvgIpc) is 2.68. The molecule has 0 aliphatic carbocycles. The molecule has 0 saturated heterocycles. The standard InChI is InChI=1S/C9H6Br2F3NO3S.C2H6/c10-5-1-3(7(11)19-5)4(2-6(16)17)15-8(18)9(12,13)14;1-2/h1,4H,2H2,(H,15,18)(H,16,17);1-2H3. The van der Waals surface area contributed by atoms with Crippen LogP contribution >= 0.6 is 43.2 Å². The second-order valence-electron chi connectivity index (χ2n) is 3.40. The van der Waals surface area contributed by atoms with Crippen LogP contribution in [0.1, 0.15) is 31.9 Å². The van der Waals surface area contributed by atoms with E-state index in [1.165, 1.54) is 17.4 Å². The fraction of sp³-hybridized carbons (Fsp3) is 0.455. The zero-order valence-corrected chi connectivity index (χ0v) is 14.9. The molecule has 120 valence electrons. The number of carboxylic acids is 1. The lowest BCUT2D eigenvalue weighted by Gasteiger charge is -2.17. The Balaban J connectivity index is 0.00000191. The summed E-state index contributed by atoms with van der Waals surface area (Å²) in [6.45, 7) is 4.00. The Hall–Kier alpha value is -0.610. The van der Waals surface area contributed by atoms with Gasteiger partial charge in [0.2, 0.25) is 0 Å². The van der Waals surface area contributed by atoms with E-state index in [0.29, 0.717) is 7.57 Å². The summed E-state index contributed by atoms with van der Waals surface area (Å²) in [6.07, 6.45) is -5.71. The van der Waals surface area contributed by atoms with E-state index in [0.717, 1.165) is 0 Å². The van der Waals surface area contributed by atoms with Crippen molar-refractivity contribution in [1.82, 2.24) is 5.32 Å². The van der Waals surface area contributed by atoms with Crippen molar-refractivity contribution in [3.63, 3.8) is 0 Å². The maximum atomic E-state index is 12.2. The van der Waals surface area contributed by atoms with Gasteiger partial charge in [-0.1, -0.05) is 13.8 Å². The highest BCUT2D eigenvalue weighted by molar-refractivity contribution is 9.12. The Morgan fingerprint density at radius 1 is 1.38 bits per heavy atom. The van der Waals surface area contributed by atoms with E-state index in [1.54, 1.807) is 5.32 Å². The van der Waals surface area contributed by atoms with E-state index >= 15 is 0 Å². The number of carboxylic acid groups (broad SMARTS) is 1. The number of rotatable bonds is 4. The molecule has 0 bridgehead atoms. The van der Waals surface area contributed by atoms with Crippen molar-refractivity contribution in [3.8, 4) is 0 Å². The van der Waals surface area contributed by atoms with Gasteiger partial charge in [0, 0.05) is 5.56 Å². The number of halogens is 5. The predicted molar refractivity (Wildman–Crippen MR) is 80.3 cm³/mol. The highest BCUT2D eigenvalue weighted by atomic mass is 79.9. The van der Waals surface area contributed by atoms with Crippen molar-refractivity contribution in [2.24, 2.45) is 0 Å². The molecular formula is C11H12Br2F3NO3S. The lowest BCUT2D eigenvalue weighted by atomic mass is 10.1. The van der Waals surface area contributed by atoms with Crippen molar-refractivity contribution >= 4 is 55.1 Å². The monoisotopic (exact) mass is 453 g/mol. The first-order valence-corrected chi connectivity index (χ1v) is 8.05. The molecule has 0 radical (unpaired) electrons. The third-order valence-electron chi connectivity index (χ3n) is 2.00. The zero-order valence-electron chi connectivity index (χ0n) is 10.9. The quantitative estimate of drug-likeness (QED) is 0.704. The molecule has 0 spiro atoms. The van der Waals surface area contributed by atoms with Crippen molar-refractivity contribution in [3.05, 3.63) is 19.2 Å². The summed E-state index contributed by atoms with van der Waals surface area (Å²) >= 11 is 7.41. The molecule has 1 heterocycles. The number of thiophene rings is 1. The zero-order chi connectivity index (χ0) is 16.8. The molecule has 0 aromatic carbocycles. The summed E-state index contributed by atoms with van der Waals surface area (Å²) in [5.74, 6) is -3.49. The van der Waals surface area contributed by atoms with Gasteiger partial charge >= 0.3 is 18.1 Å². The molecule has 10 heteroatoms. The molecule has 1 atom stereocenters. The molecule has 1 rings (SSSR count). The molecule has 1 unspecified atom stereocenters. The Morgan fingerprint density at radius 3 is 2.24 bits per heavy atom. The second-order valence-corrected chi connectivity index (χ2v) is 7.15. The van der Waals surface area contributed by atoms with E-state index < -0.39 is 30.5 Å². The molecular weight excluding hydrogens is 443 g/mol. The highest BCUT2D eigenvalue weighted by Gasteiger charge is 2.40. The van der Waals surface area contributed by atoms with Crippen LogP contribution in [-0.4, -0.2) is 23.2 Å². The van der Waals surface area contributed by atoms with Gasteiger partial charge in [0.05, 0.1) is 20.0 Å². The minimum Gasteiger partial charge on any atom is -0.481 e. The summed E-state index contributed by atoms with van der Waals surface area (Å²) in [7, 11) is 0. The second kappa shape index (κ2) is 8.74. The number of amides is 1. The van der Waals surface area contributed by atoms with Gasteiger partial charge in [0.15, 0.2) is 0 Å². The van der Waals surface area contributed by atoms with Crippen LogP contribution < -0.4 is 5.32 Å². The fourth-order valence-corrected chi connectivity index (χ4v) is 4.22. The van der Waals surface area contributed by atoms with Crippen LogP contribution in [0.4, 0.5) is 13.2 Å². The van der Waals surface area contributed by atoms with Crippen LogP contribution in [0, 0.1) is 0 Å². The fourth-order valence-electron chi connectivity index (χ4n) is 1.24. The topological polar surface area (TPSA) is 66.4 Å². The number of aliphatic carboxylic acids is 1. The van der Waals surface area contributed by atoms with Gasteiger partial charge in [0.25, 0.3) is 0 Å². The third kappa shape index (κ3) is 6.79. The van der Waals surface area contributed by atoms with Gasteiger partial charge < -0.3 is 10.4 Å². The number of carbonyl (C=O) groups excluding carboxylic acids is 1. The molecule has 2 N–H and O–H groups in total. The van der Waals surface area contributed by atoms with Crippen LogP contribution in [0.2, 0.25) is 0 Å². The maximum Gasteiger partial charge on any atom is 0.471 e. The molecule has 0 saturated carbocycles. The lowest BCUT2D eigenvalue weighted by molar-refractivity contribution is -0.174. The Morgan fingerprint density at radius 2 is 1.90 bits per heavy atom. The molecule has 0 fully saturated rings. The van der Waals surface area contributed by atoms with Crippen molar-refractivity contribution < 1.29 is 27.9 Å². The largest absolute Gasteiger partial charge is 0.481 e. The first kappa shape index (κ1) is 20.4. The first-order valence-electron chi connectivity index (χ1n) is 5.65. The van der Waals surface area contributed by atoms with Gasteiger partial charge in [-0.15, -0.1) is 11.3 Å². The molecule has 1 aromatic heterocycles. The van der Waals surface area contributed by atoms with E-state index in [1.807, 2.05) is 13.8 Å². The Kier molecular flexibility index (Phi) is 8.49. The number of carbonyl (C=O) groups is 2. The highest BCUT2D eigenvalue weighted by Crippen LogP contribution is 2.37. The van der Waals surface area contributed by atoms with Crippen molar-refractivity contribution in [2.45, 2.75) is 32.5 Å². The van der Waals surface area contributed by atoms with Crippen LogP contribution in [0.3, 0.4) is 0 Å². The molecule has 1 aromatic rings. The molecule has 21 heavy (non-hydrogen) atoms. The summed E-state index contributed by atoms with van der Waals surface area (Å²) in [5, 5.41) is 10.4. The number of hydrogen-bond donors (Lipinski definition) is 2. The summed E-state index contributed by atoms with van der Waals surface area (Å²) in [5.41, 5.74) is 0.275.